The number of nitrogens with zero attached hydrogens (tertiary/aromatic N) is 2. The molecule has 7 nitrogen and oxygen atoms in total. The van der Waals surface area contributed by atoms with Crippen LogP contribution in [0.15, 0.2) is 59.5 Å². The summed E-state index contributed by atoms with van der Waals surface area (Å²) in [5, 5.41) is 3.71. The Labute approximate surface area is 159 Å². The van der Waals surface area contributed by atoms with Gasteiger partial charge in [0.2, 0.25) is 0 Å². The minimum absolute atomic E-state index is 0.0165. The fourth-order valence-electron chi connectivity index (χ4n) is 2.75. The third kappa shape index (κ3) is 3.50. The molecule has 0 fully saturated rings. The van der Waals surface area contributed by atoms with Gasteiger partial charge in [-0.05, 0) is 36.4 Å². The molecule has 1 N–H and O–H groups in total. The number of fused-ring (bicyclic) bond motifs is 1. The van der Waals surface area contributed by atoms with Crippen molar-refractivity contribution in [2.75, 3.05) is 18.0 Å². The molecule has 1 aliphatic rings. The Morgan fingerprint density at radius 3 is 2.43 bits per heavy atom. The summed E-state index contributed by atoms with van der Waals surface area (Å²) >= 11 is 0. The van der Waals surface area contributed by atoms with Crippen molar-refractivity contribution in [3.8, 4) is 22.8 Å². The topological polar surface area (TPSA) is 82.5 Å². The van der Waals surface area contributed by atoms with Gasteiger partial charge in [-0.3, -0.25) is 0 Å². The molecule has 0 spiro atoms. The Morgan fingerprint density at radius 2 is 1.71 bits per heavy atom. The zero-order valence-corrected chi connectivity index (χ0v) is 15.2. The maximum absolute atomic E-state index is 13.2. The van der Waals surface area contributed by atoms with Gasteiger partial charge in [-0.15, -0.1) is 0 Å². The smallest absolute Gasteiger partial charge is 0.282 e. The van der Waals surface area contributed by atoms with E-state index in [4.69, 9.17) is 9.47 Å². The van der Waals surface area contributed by atoms with E-state index in [0.29, 0.717) is 30.3 Å². The predicted molar refractivity (Wildman–Crippen MR) is 96.6 cm³/mol. The van der Waals surface area contributed by atoms with Crippen molar-refractivity contribution in [1.82, 2.24) is 9.89 Å². The van der Waals surface area contributed by atoms with Crippen LogP contribution in [0.4, 0.5) is 8.78 Å². The highest BCUT2D eigenvalue weighted by Crippen LogP contribution is 2.35. The first-order chi connectivity index (χ1) is 13.4. The highest BCUT2D eigenvalue weighted by Gasteiger charge is 2.22. The Kier molecular flexibility index (Phi) is 4.63. The van der Waals surface area contributed by atoms with E-state index in [1.54, 1.807) is 36.4 Å². The van der Waals surface area contributed by atoms with E-state index in [0.717, 1.165) is 10.9 Å². The lowest BCUT2D eigenvalue weighted by Gasteiger charge is -2.19. The maximum Gasteiger partial charge on any atom is 0.282 e. The molecular formula is C18H15F2N3O4S. The van der Waals surface area contributed by atoms with Gasteiger partial charge in [0.05, 0.1) is 10.6 Å². The fourth-order valence-corrected chi connectivity index (χ4v) is 3.74. The van der Waals surface area contributed by atoms with Gasteiger partial charge in [0.1, 0.15) is 18.9 Å². The first kappa shape index (κ1) is 18.2. The van der Waals surface area contributed by atoms with Crippen LogP contribution in [0.1, 0.15) is 12.1 Å². The van der Waals surface area contributed by atoms with Gasteiger partial charge in [0.25, 0.3) is 16.4 Å². The molecular weight excluding hydrogens is 392 g/mol. The molecule has 1 aliphatic heterocycles. The van der Waals surface area contributed by atoms with Crippen molar-refractivity contribution in [1.29, 1.82) is 0 Å². The van der Waals surface area contributed by atoms with Gasteiger partial charge in [-0.25, -0.2) is 8.78 Å². The van der Waals surface area contributed by atoms with Gasteiger partial charge in [-0.2, -0.15) is 23.1 Å². The molecule has 0 bridgehead atoms. The summed E-state index contributed by atoms with van der Waals surface area (Å²) in [5.41, 5.74) is 0.0341. The number of halogens is 2. The van der Waals surface area contributed by atoms with Crippen molar-refractivity contribution in [3.05, 3.63) is 60.3 Å². The quantitative estimate of drug-likeness (QED) is 0.703. The lowest BCUT2D eigenvalue weighted by molar-refractivity contribution is 0.145. The van der Waals surface area contributed by atoms with Crippen LogP contribution >= 0.6 is 0 Å². The summed E-state index contributed by atoms with van der Waals surface area (Å²) in [7, 11) is -4.02. The lowest BCUT2D eigenvalue weighted by atomic mass is 10.1. The molecule has 0 unspecified atom stereocenters. The van der Waals surface area contributed by atoms with Crippen LogP contribution in [0.2, 0.25) is 0 Å². The molecule has 2 aromatic carbocycles. The van der Waals surface area contributed by atoms with Crippen molar-refractivity contribution in [3.63, 3.8) is 0 Å². The zero-order valence-electron chi connectivity index (χ0n) is 14.4. The third-order valence-electron chi connectivity index (χ3n) is 4.05. The number of aromatic nitrogens is 2. The number of alkyl halides is 2. The van der Waals surface area contributed by atoms with Gasteiger partial charge in [0, 0.05) is 5.56 Å². The molecule has 0 aliphatic carbocycles. The van der Waals surface area contributed by atoms with E-state index in [2.05, 4.69) is 9.93 Å². The van der Waals surface area contributed by atoms with Gasteiger partial charge >= 0.3 is 0 Å². The summed E-state index contributed by atoms with van der Waals surface area (Å²) in [5.74, 6) is 0.973. The SMILES string of the molecule is O=S(=O)(Nn1nc(C(F)F)cc1-c1ccc2c(c1)OCCO2)c1ccccc1. The van der Waals surface area contributed by atoms with E-state index in [1.807, 2.05) is 0 Å². The average Bonchev–Trinajstić information content (AvgIpc) is 3.12. The van der Waals surface area contributed by atoms with Crippen molar-refractivity contribution in [2.45, 2.75) is 11.3 Å². The summed E-state index contributed by atoms with van der Waals surface area (Å²) < 4.78 is 62.6. The minimum atomic E-state index is -4.02. The Bertz CT molecular complexity index is 1100. The molecule has 2 heterocycles. The number of rotatable bonds is 5. The first-order valence-corrected chi connectivity index (χ1v) is 9.78. The molecule has 0 saturated carbocycles. The first-order valence-electron chi connectivity index (χ1n) is 8.30. The molecule has 28 heavy (non-hydrogen) atoms. The molecule has 0 radical (unpaired) electrons. The Balaban J connectivity index is 1.76. The molecule has 1 aromatic heterocycles. The maximum atomic E-state index is 13.2. The van der Waals surface area contributed by atoms with Gasteiger partial charge in [0.15, 0.2) is 11.5 Å². The zero-order chi connectivity index (χ0) is 19.7. The fraction of sp³-hybridized carbons (Fsp3) is 0.167. The number of nitrogens with one attached hydrogen (secondary N) is 1. The van der Waals surface area contributed by atoms with Gasteiger partial charge < -0.3 is 9.47 Å². The van der Waals surface area contributed by atoms with Crippen molar-refractivity contribution in [2.24, 2.45) is 0 Å². The monoisotopic (exact) mass is 407 g/mol. The Morgan fingerprint density at radius 1 is 1.00 bits per heavy atom. The minimum Gasteiger partial charge on any atom is -0.486 e. The highest BCUT2D eigenvalue weighted by molar-refractivity contribution is 7.92. The number of benzene rings is 2. The average molecular weight is 407 g/mol. The number of hydrogen-bond acceptors (Lipinski definition) is 5. The largest absolute Gasteiger partial charge is 0.486 e. The number of hydrogen-bond donors (Lipinski definition) is 1. The van der Waals surface area contributed by atoms with E-state index < -0.39 is 22.1 Å². The van der Waals surface area contributed by atoms with Crippen LogP contribution in [-0.2, 0) is 10.0 Å². The molecule has 0 saturated heterocycles. The summed E-state index contributed by atoms with van der Waals surface area (Å²) in [6, 6.07) is 13.5. The summed E-state index contributed by atoms with van der Waals surface area (Å²) in [6.45, 7) is 0.773. The van der Waals surface area contributed by atoms with Crippen LogP contribution in [0, 0.1) is 0 Å². The molecule has 0 amide bonds. The normalized spacial score (nSPS) is 13.5. The van der Waals surface area contributed by atoms with Crippen LogP contribution in [-0.4, -0.2) is 31.5 Å². The van der Waals surface area contributed by atoms with Crippen molar-refractivity contribution < 1.29 is 26.7 Å². The number of ether oxygens (including phenoxy) is 2. The number of sulfonamides is 1. The summed E-state index contributed by atoms with van der Waals surface area (Å²) in [6.07, 6.45) is -2.86. The standard InChI is InChI=1S/C18H15F2N3O4S/c19-18(20)14-11-15(12-6-7-16-17(10-12)27-9-8-26-16)23(21-14)22-28(24,25)13-4-2-1-3-5-13/h1-7,10-11,18,22H,8-9H2. The lowest BCUT2D eigenvalue weighted by Crippen LogP contribution is -2.25. The van der Waals surface area contributed by atoms with Gasteiger partial charge in [-0.1, -0.05) is 18.2 Å². The van der Waals surface area contributed by atoms with Crippen LogP contribution < -0.4 is 14.3 Å². The molecule has 0 atom stereocenters. The van der Waals surface area contributed by atoms with E-state index in [9.17, 15) is 17.2 Å². The van der Waals surface area contributed by atoms with Crippen LogP contribution in [0.3, 0.4) is 0 Å². The Hall–Kier alpha value is -3.14. The molecule has 3 aromatic rings. The van der Waals surface area contributed by atoms with Crippen LogP contribution in [0.5, 0.6) is 11.5 Å². The highest BCUT2D eigenvalue weighted by atomic mass is 32.2. The van der Waals surface area contributed by atoms with E-state index >= 15 is 0 Å². The van der Waals surface area contributed by atoms with E-state index in [1.165, 1.54) is 12.1 Å². The third-order valence-corrected chi connectivity index (χ3v) is 5.36. The van der Waals surface area contributed by atoms with Crippen molar-refractivity contribution >= 4 is 10.0 Å². The second-order valence-electron chi connectivity index (χ2n) is 5.93. The van der Waals surface area contributed by atoms with Crippen LogP contribution in [0.25, 0.3) is 11.3 Å². The van der Waals surface area contributed by atoms with E-state index in [-0.39, 0.29) is 10.6 Å². The summed E-state index contributed by atoms with van der Waals surface area (Å²) in [4.78, 5) is 3.04. The molecule has 146 valence electrons. The molecule has 4 rings (SSSR count). The molecule has 10 heteroatoms. The second-order valence-corrected chi connectivity index (χ2v) is 7.59. The predicted octanol–water partition coefficient (Wildman–Crippen LogP) is 3.19. The second kappa shape index (κ2) is 7.12.